The van der Waals surface area contributed by atoms with Gasteiger partial charge in [-0.25, -0.2) is 14.8 Å². The minimum atomic E-state index is -1.77. The molecule has 1 aliphatic rings. The quantitative estimate of drug-likeness (QED) is 0.0393. The summed E-state index contributed by atoms with van der Waals surface area (Å²) in [6.45, 7) is 5.31. The molecule has 0 aliphatic carbocycles. The summed E-state index contributed by atoms with van der Waals surface area (Å²) in [5.41, 5.74) is 6.53. The Kier molecular flexibility index (Phi) is 21.8. The van der Waals surface area contributed by atoms with Crippen LogP contribution in [0, 0.1) is 5.92 Å². The van der Waals surface area contributed by atoms with Gasteiger partial charge in [-0.15, -0.1) is 0 Å². The molecule has 1 fully saturated rings. The fourth-order valence-electron chi connectivity index (χ4n) is 6.73. The standard InChI is InChI=1S/C39H61N13O12S2/c1-18(2)8-26(48-32(56)23(40)14-65)38(62)52-7-5-6-29(52)36(60)51-30(20(4)54)37(61)49-27(13-53)35(59)47-25(10-22-12-42-17-44-22)34(58)46-24(9-21-11-41-16-43-21)33(57)45-19(3)31(55)50-28(15-66)39(63)64/h11-12,16-20,23-30,53-54,65-66H,5-10,13-15,40H2,1-4H3,(H,41,43)(H,42,44)(H,45,57)(H,46,58)(H,47,59)(H,48,56)(H,49,61)(H,50,55)(H,51,60)(H,63,64)/t19-,20+,23-,24-,25-,26-,27-,28-,29-,30-/m0/s1. The number of rotatable bonds is 26. The van der Waals surface area contributed by atoms with Gasteiger partial charge in [0.2, 0.25) is 47.3 Å². The molecular weight excluding hydrogens is 907 g/mol. The smallest absolute Gasteiger partial charge is 0.327 e. The number of carbonyl (C=O) groups excluding carboxylic acids is 8. The van der Waals surface area contributed by atoms with Crippen LogP contribution in [-0.4, -0.2) is 179 Å². The van der Waals surface area contributed by atoms with Gasteiger partial charge < -0.3 is 73.1 Å². The predicted molar refractivity (Wildman–Crippen MR) is 240 cm³/mol. The van der Waals surface area contributed by atoms with E-state index < -0.39 is 120 Å². The lowest BCUT2D eigenvalue weighted by Gasteiger charge is -2.31. The number of imidazole rings is 2. The van der Waals surface area contributed by atoms with Crippen molar-refractivity contribution in [1.29, 1.82) is 0 Å². The summed E-state index contributed by atoms with van der Waals surface area (Å²) >= 11 is 7.96. The molecule has 0 bridgehead atoms. The van der Waals surface area contributed by atoms with Crippen LogP contribution in [0.5, 0.6) is 0 Å². The number of thiol groups is 2. The third kappa shape index (κ3) is 16.3. The summed E-state index contributed by atoms with van der Waals surface area (Å²) in [7, 11) is 0. The maximum absolute atomic E-state index is 14.0. The molecule has 2 aromatic heterocycles. The van der Waals surface area contributed by atoms with Crippen LogP contribution in [0.2, 0.25) is 0 Å². The maximum Gasteiger partial charge on any atom is 0.327 e. The Morgan fingerprint density at radius 1 is 0.727 bits per heavy atom. The zero-order valence-electron chi connectivity index (χ0n) is 36.9. The number of amides is 8. The highest BCUT2D eigenvalue weighted by Gasteiger charge is 2.41. The number of nitrogens with one attached hydrogen (secondary N) is 9. The Morgan fingerprint density at radius 2 is 1.24 bits per heavy atom. The molecule has 0 unspecified atom stereocenters. The first-order chi connectivity index (χ1) is 31.2. The number of nitrogens with zero attached hydrogens (tertiary/aromatic N) is 3. The van der Waals surface area contributed by atoms with Gasteiger partial charge in [0.05, 0.1) is 31.4 Å². The van der Waals surface area contributed by atoms with Crippen molar-refractivity contribution >= 4 is 78.5 Å². The van der Waals surface area contributed by atoms with Crippen LogP contribution in [0.3, 0.4) is 0 Å². The molecule has 3 heterocycles. The Hall–Kier alpha value is -5.77. The molecule has 8 amide bonds. The number of H-pyrrole nitrogens is 2. The van der Waals surface area contributed by atoms with E-state index in [4.69, 9.17) is 5.73 Å². The highest BCUT2D eigenvalue weighted by atomic mass is 32.1. The van der Waals surface area contributed by atoms with E-state index in [1.165, 1.54) is 43.8 Å². The molecule has 0 spiro atoms. The first-order valence-electron chi connectivity index (χ1n) is 21.1. The summed E-state index contributed by atoms with van der Waals surface area (Å²) in [6, 6.07) is -12.1. The highest BCUT2D eigenvalue weighted by molar-refractivity contribution is 7.80. The maximum atomic E-state index is 14.0. The molecule has 0 aromatic carbocycles. The number of carboxylic acid groups (broad SMARTS) is 1. The molecule has 14 N–H and O–H groups in total. The van der Waals surface area contributed by atoms with E-state index in [2.05, 4.69) is 82.4 Å². The van der Waals surface area contributed by atoms with Gasteiger partial charge >= 0.3 is 5.97 Å². The second kappa shape index (κ2) is 26.4. The largest absolute Gasteiger partial charge is 0.480 e. The zero-order valence-corrected chi connectivity index (χ0v) is 38.6. The number of likely N-dealkylation sites (tertiary alicyclic amines) is 1. The predicted octanol–water partition coefficient (Wildman–Crippen LogP) is -4.99. The van der Waals surface area contributed by atoms with Crippen molar-refractivity contribution in [2.45, 2.75) is 120 Å². The first-order valence-corrected chi connectivity index (χ1v) is 22.3. The Labute approximate surface area is 390 Å². The number of hydrogen-bond acceptors (Lipinski definition) is 16. The van der Waals surface area contributed by atoms with E-state index in [0.29, 0.717) is 17.8 Å². The summed E-state index contributed by atoms with van der Waals surface area (Å²) in [6.07, 6.45) is 4.18. The summed E-state index contributed by atoms with van der Waals surface area (Å²) in [5.74, 6) is -8.42. The van der Waals surface area contributed by atoms with E-state index in [0.717, 1.165) is 0 Å². The van der Waals surface area contributed by atoms with Crippen molar-refractivity contribution in [1.82, 2.24) is 62.1 Å². The van der Waals surface area contributed by atoms with Gasteiger partial charge in [0.15, 0.2) is 0 Å². The third-order valence-electron chi connectivity index (χ3n) is 10.3. The normalized spacial score (nSPS) is 17.7. The minimum Gasteiger partial charge on any atom is -0.480 e. The molecule has 0 saturated carbocycles. The van der Waals surface area contributed by atoms with Gasteiger partial charge in [0.1, 0.15) is 48.3 Å². The van der Waals surface area contributed by atoms with Crippen LogP contribution in [-0.2, 0) is 56.0 Å². The topological polar surface area (TPSA) is 385 Å². The zero-order chi connectivity index (χ0) is 49.2. The fourth-order valence-corrected chi connectivity index (χ4v) is 7.14. The van der Waals surface area contributed by atoms with Gasteiger partial charge in [0, 0.05) is 54.7 Å². The lowest BCUT2D eigenvalue weighted by Crippen LogP contribution is -2.62. The second-order valence-electron chi connectivity index (χ2n) is 16.1. The van der Waals surface area contributed by atoms with Crippen molar-refractivity contribution in [2.24, 2.45) is 11.7 Å². The molecule has 0 radical (unpaired) electrons. The molecule has 366 valence electrons. The van der Waals surface area contributed by atoms with E-state index in [9.17, 15) is 58.5 Å². The monoisotopic (exact) mass is 967 g/mol. The number of aliphatic hydroxyl groups is 2. The summed E-state index contributed by atoms with van der Waals surface area (Å²) in [5, 5.41) is 47.2. The fraction of sp³-hybridized carbons (Fsp3) is 0.615. The summed E-state index contributed by atoms with van der Waals surface area (Å²) < 4.78 is 0. The van der Waals surface area contributed by atoms with Crippen LogP contribution in [0.4, 0.5) is 0 Å². The van der Waals surface area contributed by atoms with E-state index >= 15 is 0 Å². The lowest BCUT2D eigenvalue weighted by atomic mass is 10.0. The number of aromatic amines is 2. The number of carbonyl (C=O) groups is 9. The van der Waals surface area contributed by atoms with E-state index in [1.54, 1.807) is 0 Å². The molecule has 25 nitrogen and oxygen atoms in total. The van der Waals surface area contributed by atoms with Gasteiger partial charge in [-0.1, -0.05) is 13.8 Å². The Morgan fingerprint density at radius 3 is 1.71 bits per heavy atom. The second-order valence-corrected chi connectivity index (χ2v) is 16.9. The van der Waals surface area contributed by atoms with Crippen molar-refractivity contribution in [3.63, 3.8) is 0 Å². The minimum absolute atomic E-state index is 0.0290. The number of carboxylic acids is 1. The van der Waals surface area contributed by atoms with E-state index in [-0.39, 0.29) is 49.7 Å². The van der Waals surface area contributed by atoms with Crippen molar-refractivity contribution < 1.29 is 58.5 Å². The molecule has 1 aliphatic heterocycles. The number of aliphatic carboxylic acids is 1. The van der Waals surface area contributed by atoms with Crippen LogP contribution in [0.15, 0.2) is 25.0 Å². The van der Waals surface area contributed by atoms with Crippen LogP contribution < -0.4 is 43.0 Å². The Bertz CT molecular complexity index is 1970. The molecule has 27 heteroatoms. The molecule has 2 aromatic rings. The van der Waals surface area contributed by atoms with E-state index in [1.807, 2.05) is 13.8 Å². The van der Waals surface area contributed by atoms with Gasteiger partial charge in [-0.2, -0.15) is 25.3 Å². The Balaban J connectivity index is 1.77. The first kappa shape index (κ1) is 54.6. The number of hydrogen-bond donors (Lipinski definition) is 15. The van der Waals surface area contributed by atoms with Crippen molar-refractivity contribution in [3.05, 3.63) is 36.4 Å². The number of nitrogens with two attached hydrogens (primary N) is 1. The van der Waals surface area contributed by atoms with Crippen molar-refractivity contribution in [3.8, 4) is 0 Å². The van der Waals surface area contributed by atoms with Crippen LogP contribution >= 0.6 is 25.3 Å². The number of aromatic nitrogens is 4. The van der Waals surface area contributed by atoms with Crippen LogP contribution in [0.1, 0.15) is 58.3 Å². The van der Waals surface area contributed by atoms with Gasteiger partial charge in [0.25, 0.3) is 0 Å². The van der Waals surface area contributed by atoms with Gasteiger partial charge in [-0.05, 0) is 39.0 Å². The van der Waals surface area contributed by atoms with Crippen LogP contribution in [0.25, 0.3) is 0 Å². The third-order valence-corrected chi connectivity index (χ3v) is 11.1. The van der Waals surface area contributed by atoms with Gasteiger partial charge in [-0.3, -0.25) is 38.4 Å². The lowest BCUT2D eigenvalue weighted by molar-refractivity contribution is -0.143. The average Bonchev–Trinajstić information content (AvgIpc) is 4.09. The molecule has 10 atom stereocenters. The molecule has 1 saturated heterocycles. The molecular formula is C39H61N13O12S2. The average molecular weight is 968 g/mol. The molecule has 66 heavy (non-hydrogen) atoms. The molecule has 3 rings (SSSR count). The number of aliphatic hydroxyl groups excluding tert-OH is 2. The van der Waals surface area contributed by atoms with Crippen molar-refractivity contribution in [2.75, 3.05) is 24.7 Å². The highest BCUT2D eigenvalue weighted by Crippen LogP contribution is 2.21. The SMILES string of the molecule is CC(C)C[C@H](NC(=O)[C@@H](N)CS)C(=O)N1CCC[C@H]1C(=O)N[C@H](C(=O)N[C@@H](CO)C(=O)N[C@@H](Cc1cnc[nH]1)C(=O)N[C@@H](Cc1cnc[nH]1)C(=O)N[C@@H](C)C(=O)N[C@@H](CS)C(=O)O)[C@@H](C)O. The summed E-state index contributed by atoms with van der Waals surface area (Å²) in [4.78, 5) is 134.